The zero-order valence-corrected chi connectivity index (χ0v) is 39.8. The monoisotopic (exact) mass is 932 g/mol. The summed E-state index contributed by atoms with van der Waals surface area (Å²) in [4.78, 5) is 20.2. The highest BCUT2D eigenvalue weighted by atomic mass is 31.1. The van der Waals surface area contributed by atoms with Crippen LogP contribution in [0.4, 0.5) is 68.5 Å². The van der Waals surface area contributed by atoms with Gasteiger partial charge in [0.05, 0.1) is 10.9 Å². The Hall–Kier alpha value is -9.09. The van der Waals surface area contributed by atoms with E-state index in [1.165, 1.54) is 0 Å². The van der Waals surface area contributed by atoms with Gasteiger partial charge >= 0.3 is 0 Å². The van der Waals surface area contributed by atoms with E-state index in [0.717, 1.165) is 84.7 Å². The van der Waals surface area contributed by atoms with Gasteiger partial charge in [0.1, 0.15) is 11.6 Å². The van der Waals surface area contributed by atoms with E-state index in [-0.39, 0.29) is 0 Å². The molecule has 0 unspecified atom stereocenters. The number of hydrogen-bond acceptors (Lipinski definition) is 6. The van der Waals surface area contributed by atoms with Gasteiger partial charge in [-0.3, -0.25) is 9.80 Å². The summed E-state index contributed by atoms with van der Waals surface area (Å²) in [6.07, 6.45) is 0. The van der Waals surface area contributed by atoms with Gasteiger partial charge in [-0.1, -0.05) is 152 Å². The predicted octanol–water partition coefficient (Wildman–Crippen LogP) is 16.1. The van der Waals surface area contributed by atoms with Crippen LogP contribution in [0.3, 0.4) is 0 Å². The average Bonchev–Trinajstić information content (AvgIpc) is 3.45. The Bertz CT molecular complexity index is 3110. The zero-order chi connectivity index (χ0) is 47.6. The molecule has 2 heterocycles. The Morgan fingerprint density at radius 3 is 0.704 bits per heavy atom. The molecule has 0 spiro atoms. The van der Waals surface area contributed by atoms with Crippen molar-refractivity contribution in [2.24, 2.45) is 0 Å². The van der Waals surface area contributed by atoms with Crippen LogP contribution in [0.15, 0.2) is 297 Å². The summed E-state index contributed by atoms with van der Waals surface area (Å²) in [5.41, 5.74) is 12.4. The van der Waals surface area contributed by atoms with Crippen LogP contribution in [0.25, 0.3) is 0 Å². The summed E-state index contributed by atoms with van der Waals surface area (Å²) >= 11 is 0. The zero-order valence-electron chi connectivity index (χ0n) is 38.9. The molecule has 2 aromatic heterocycles. The molecule has 6 nitrogen and oxygen atoms in total. The lowest BCUT2D eigenvalue weighted by Crippen LogP contribution is -2.27. The van der Waals surface area contributed by atoms with Gasteiger partial charge in [0.25, 0.3) is 0 Å². The van der Waals surface area contributed by atoms with Gasteiger partial charge in [0.2, 0.25) is 0 Å². The predicted molar refractivity (Wildman–Crippen MR) is 299 cm³/mol. The van der Waals surface area contributed by atoms with E-state index < -0.39 is 7.92 Å². The lowest BCUT2D eigenvalue weighted by Gasteiger charge is -2.29. The Morgan fingerprint density at radius 2 is 0.423 bits per heavy atom. The van der Waals surface area contributed by atoms with Crippen LogP contribution in [0.1, 0.15) is 0 Å². The first kappa shape index (κ1) is 44.4. The highest BCUT2D eigenvalue weighted by Gasteiger charge is 2.25. The van der Waals surface area contributed by atoms with E-state index in [2.05, 4.69) is 317 Å². The van der Waals surface area contributed by atoms with E-state index in [0.29, 0.717) is 0 Å². The first-order valence-corrected chi connectivity index (χ1v) is 25.1. The molecule has 9 aromatic carbocycles. The van der Waals surface area contributed by atoms with Crippen molar-refractivity contribution in [3.63, 3.8) is 0 Å². The third kappa shape index (κ3) is 9.79. The van der Waals surface area contributed by atoms with Gasteiger partial charge in [-0.05, 0) is 151 Å². The fraction of sp³-hybridized carbons (Fsp3) is 0. The first-order valence-electron chi connectivity index (χ1n) is 23.8. The molecule has 0 amide bonds. The van der Waals surface area contributed by atoms with Crippen molar-refractivity contribution in [3.05, 3.63) is 297 Å². The molecule has 0 atom stereocenters. The Labute approximate surface area is 417 Å². The van der Waals surface area contributed by atoms with Gasteiger partial charge < -0.3 is 9.80 Å². The molecule has 0 bridgehead atoms. The lowest BCUT2D eigenvalue weighted by molar-refractivity contribution is 1.19. The molecule has 0 N–H and O–H groups in total. The van der Waals surface area contributed by atoms with Crippen molar-refractivity contribution >= 4 is 92.6 Å². The molecule has 0 aliphatic carbocycles. The van der Waals surface area contributed by atoms with E-state index in [4.69, 9.17) is 9.97 Å². The minimum atomic E-state index is -1.22. The summed E-state index contributed by atoms with van der Waals surface area (Å²) in [7, 11) is -1.22. The van der Waals surface area contributed by atoms with E-state index in [1.54, 1.807) is 0 Å². The topological polar surface area (TPSA) is 38.7 Å². The fourth-order valence-electron chi connectivity index (χ4n) is 8.97. The van der Waals surface area contributed by atoms with E-state index in [9.17, 15) is 0 Å². The maximum Gasteiger partial charge on any atom is 0.138 e. The standard InChI is InChI=1S/C64H49N6P/c1-8-24-50(25-9-1)67(51-26-10-2-11-27-51)56-42-46-58(47-43-56)69(54-32-16-5-17-33-54)61-38-22-40-63(65-61)71(60-36-20-7-21-37-60)64-41-23-39-62(66-64)70(55-34-18-6-19-35-55)59-48-44-57(45-49-59)68(52-28-12-3-13-29-52)53-30-14-4-15-31-53/h1-49H. The number of pyridine rings is 2. The number of anilines is 12. The Morgan fingerprint density at radius 1 is 0.197 bits per heavy atom. The van der Waals surface area contributed by atoms with Gasteiger partial charge in [-0.25, -0.2) is 9.97 Å². The average molecular weight is 933 g/mol. The van der Waals surface area contributed by atoms with Crippen molar-refractivity contribution in [3.8, 4) is 0 Å². The van der Waals surface area contributed by atoms with Crippen LogP contribution in [-0.2, 0) is 0 Å². The SMILES string of the molecule is c1ccc(N(c2ccccc2)c2ccc(N(c3ccccc3)c3cccc(P(c4ccccc4)c4cccc(N(c5ccccc5)c5ccc(N(c6ccccc6)c6ccccc6)cc5)n4)n3)cc2)cc1. The first-order chi connectivity index (χ1) is 35.2. The molecule has 0 radical (unpaired) electrons. The third-order valence-electron chi connectivity index (χ3n) is 12.2. The molecule has 11 rings (SSSR count). The third-order valence-corrected chi connectivity index (χ3v) is 14.4. The molecule has 340 valence electrons. The molecule has 0 aliphatic heterocycles. The number of rotatable bonds is 15. The number of hydrogen-bond donors (Lipinski definition) is 0. The van der Waals surface area contributed by atoms with Gasteiger partial charge in [-0.2, -0.15) is 0 Å². The molecule has 0 fully saturated rings. The summed E-state index contributed by atoms with van der Waals surface area (Å²) < 4.78 is 0. The second-order valence-electron chi connectivity index (χ2n) is 16.8. The van der Waals surface area contributed by atoms with Crippen molar-refractivity contribution in [1.29, 1.82) is 0 Å². The van der Waals surface area contributed by atoms with Crippen molar-refractivity contribution in [2.75, 3.05) is 19.6 Å². The van der Waals surface area contributed by atoms with Crippen LogP contribution < -0.4 is 35.8 Å². The van der Waals surface area contributed by atoms with Crippen LogP contribution in [-0.4, -0.2) is 9.97 Å². The Balaban J connectivity index is 0.976. The smallest absolute Gasteiger partial charge is 0.138 e. The minimum absolute atomic E-state index is 0.815. The molecule has 0 saturated carbocycles. The molecule has 0 aliphatic rings. The van der Waals surface area contributed by atoms with Crippen molar-refractivity contribution in [1.82, 2.24) is 9.97 Å². The molecular weight excluding hydrogens is 884 g/mol. The molecular formula is C64H49N6P. The van der Waals surface area contributed by atoms with Crippen molar-refractivity contribution in [2.45, 2.75) is 0 Å². The summed E-state index contributed by atoms with van der Waals surface area (Å²) in [5, 5.41) is 1.16. The number of aromatic nitrogens is 2. The summed E-state index contributed by atoms with van der Waals surface area (Å²) in [6.45, 7) is 0. The number of benzene rings is 9. The summed E-state index contributed by atoms with van der Waals surface area (Å²) in [5.74, 6) is 1.63. The van der Waals surface area contributed by atoms with Gasteiger partial charge in [0, 0.05) is 64.8 Å². The molecule has 11 aromatic rings. The second-order valence-corrected chi connectivity index (χ2v) is 18.9. The maximum absolute atomic E-state index is 5.58. The van der Waals surface area contributed by atoms with Crippen LogP contribution >= 0.6 is 7.92 Å². The highest BCUT2D eigenvalue weighted by Crippen LogP contribution is 2.42. The van der Waals surface area contributed by atoms with Gasteiger partial charge in [0.15, 0.2) is 0 Å². The Kier molecular flexibility index (Phi) is 13.2. The molecule has 0 saturated heterocycles. The van der Waals surface area contributed by atoms with Crippen LogP contribution in [0, 0.1) is 0 Å². The lowest BCUT2D eigenvalue weighted by atomic mass is 10.1. The van der Waals surface area contributed by atoms with Crippen LogP contribution in [0.2, 0.25) is 0 Å². The fourth-order valence-corrected chi connectivity index (χ4v) is 11.1. The van der Waals surface area contributed by atoms with E-state index >= 15 is 0 Å². The molecule has 71 heavy (non-hydrogen) atoms. The van der Waals surface area contributed by atoms with E-state index in [1.807, 2.05) is 0 Å². The quantitative estimate of drug-likeness (QED) is 0.0954. The van der Waals surface area contributed by atoms with Crippen LogP contribution in [0.5, 0.6) is 0 Å². The normalized spacial score (nSPS) is 10.9. The summed E-state index contributed by atoms with van der Waals surface area (Å²) in [6, 6.07) is 104. The maximum atomic E-state index is 5.58. The number of nitrogens with zero attached hydrogens (tertiary/aromatic N) is 6. The largest absolute Gasteiger partial charge is 0.311 e. The minimum Gasteiger partial charge on any atom is -0.311 e. The number of para-hydroxylation sites is 6. The molecule has 7 heteroatoms. The second kappa shape index (κ2) is 21.1. The van der Waals surface area contributed by atoms with Crippen molar-refractivity contribution < 1.29 is 0 Å². The van der Waals surface area contributed by atoms with Gasteiger partial charge in [-0.15, -0.1) is 0 Å². The highest BCUT2D eigenvalue weighted by molar-refractivity contribution is 7.79.